The number of aliphatic hydroxyl groups excluding tert-OH is 1. The lowest BCUT2D eigenvalue weighted by molar-refractivity contribution is -0.147. The van der Waals surface area contributed by atoms with E-state index >= 15 is 0 Å². The highest BCUT2D eigenvalue weighted by Gasteiger charge is 2.22. The summed E-state index contributed by atoms with van der Waals surface area (Å²) in [6.45, 7) is 0. The van der Waals surface area contributed by atoms with Gasteiger partial charge < -0.3 is 10.2 Å². The summed E-state index contributed by atoms with van der Waals surface area (Å²) in [6.07, 6.45) is -1.03. The molecule has 0 aliphatic carbocycles. The van der Waals surface area contributed by atoms with Gasteiger partial charge in [0.1, 0.15) is 0 Å². The molecule has 16 heavy (non-hydrogen) atoms. The summed E-state index contributed by atoms with van der Waals surface area (Å²) in [5.74, 6) is -1.36. The number of aliphatic carboxylic acids is 1. The molecule has 0 saturated carbocycles. The Balaban J connectivity index is 3.13. The highest BCUT2D eigenvalue weighted by molar-refractivity contribution is 6.31. The van der Waals surface area contributed by atoms with E-state index in [1.807, 2.05) is 6.07 Å². The Morgan fingerprint density at radius 1 is 1.56 bits per heavy atom. The average molecular weight is 240 g/mol. The van der Waals surface area contributed by atoms with E-state index in [2.05, 4.69) is 0 Å². The number of benzene rings is 1. The van der Waals surface area contributed by atoms with Crippen LogP contribution in [0.4, 0.5) is 0 Å². The van der Waals surface area contributed by atoms with Crippen LogP contribution in [0, 0.1) is 11.3 Å². The maximum absolute atomic E-state index is 10.7. The molecule has 0 spiro atoms. The van der Waals surface area contributed by atoms with Gasteiger partial charge in [0.05, 0.1) is 6.07 Å². The van der Waals surface area contributed by atoms with Crippen molar-refractivity contribution >= 4 is 17.6 Å². The molecule has 4 nitrogen and oxygen atoms in total. The van der Waals surface area contributed by atoms with Gasteiger partial charge in [0.2, 0.25) is 0 Å². The van der Waals surface area contributed by atoms with Gasteiger partial charge in [0.25, 0.3) is 0 Å². The van der Waals surface area contributed by atoms with Crippen LogP contribution in [0.15, 0.2) is 18.2 Å². The van der Waals surface area contributed by atoms with Gasteiger partial charge in [-0.3, -0.25) is 0 Å². The third kappa shape index (κ3) is 2.72. The topological polar surface area (TPSA) is 81.3 Å². The van der Waals surface area contributed by atoms with Crippen LogP contribution in [0.1, 0.15) is 23.7 Å². The van der Waals surface area contributed by atoms with E-state index in [9.17, 15) is 9.90 Å². The second-order valence-electron chi connectivity index (χ2n) is 3.21. The lowest BCUT2D eigenvalue weighted by Gasteiger charge is -2.13. The summed E-state index contributed by atoms with van der Waals surface area (Å²) < 4.78 is 0. The van der Waals surface area contributed by atoms with Crippen LogP contribution in [0.5, 0.6) is 0 Å². The van der Waals surface area contributed by atoms with Crippen molar-refractivity contribution in [3.05, 3.63) is 34.3 Å². The first kappa shape index (κ1) is 12.5. The minimum Gasteiger partial charge on any atom is -0.479 e. The number of aliphatic hydroxyl groups is 1. The average Bonchev–Trinajstić information content (AvgIpc) is 2.25. The Bertz CT molecular complexity index is 439. The van der Waals surface area contributed by atoms with Crippen molar-refractivity contribution in [2.75, 3.05) is 0 Å². The van der Waals surface area contributed by atoms with E-state index in [-0.39, 0.29) is 17.0 Å². The van der Waals surface area contributed by atoms with Crippen LogP contribution in [0.2, 0.25) is 5.02 Å². The van der Waals surface area contributed by atoms with E-state index in [4.69, 9.17) is 22.0 Å². The molecule has 0 bridgehead atoms. The van der Waals surface area contributed by atoms with Crippen molar-refractivity contribution in [3.8, 4) is 6.07 Å². The van der Waals surface area contributed by atoms with Crippen LogP contribution in [-0.4, -0.2) is 16.2 Å². The van der Waals surface area contributed by atoms with Gasteiger partial charge in [-0.15, -0.1) is 0 Å². The number of hydrogen-bond acceptors (Lipinski definition) is 3. The summed E-state index contributed by atoms with van der Waals surface area (Å²) in [7, 11) is 0. The molecule has 2 N–H and O–H groups in total. The molecule has 1 atom stereocenters. The zero-order valence-electron chi connectivity index (χ0n) is 8.35. The SMILES string of the molecule is N#CCCc1cccc(Cl)c1C(O)C(=O)O. The fourth-order valence-corrected chi connectivity index (χ4v) is 1.72. The van der Waals surface area contributed by atoms with Crippen LogP contribution in [-0.2, 0) is 11.2 Å². The van der Waals surface area contributed by atoms with E-state index < -0.39 is 12.1 Å². The fraction of sp³-hybridized carbons (Fsp3) is 0.273. The third-order valence-corrected chi connectivity index (χ3v) is 2.49. The van der Waals surface area contributed by atoms with Crippen LogP contribution < -0.4 is 0 Å². The Morgan fingerprint density at radius 3 is 2.81 bits per heavy atom. The lowest BCUT2D eigenvalue weighted by Crippen LogP contribution is -2.13. The normalized spacial score (nSPS) is 11.8. The zero-order chi connectivity index (χ0) is 12.1. The van der Waals surface area contributed by atoms with Crippen LogP contribution in [0.25, 0.3) is 0 Å². The molecule has 0 radical (unpaired) electrons. The smallest absolute Gasteiger partial charge is 0.337 e. The van der Waals surface area contributed by atoms with Gasteiger partial charge in [0, 0.05) is 17.0 Å². The quantitative estimate of drug-likeness (QED) is 0.841. The summed E-state index contributed by atoms with van der Waals surface area (Å²) in [6, 6.07) is 6.79. The summed E-state index contributed by atoms with van der Waals surface area (Å²) in [5.41, 5.74) is 0.760. The number of nitrogens with zero attached hydrogens (tertiary/aromatic N) is 1. The fourth-order valence-electron chi connectivity index (χ4n) is 1.42. The molecule has 1 aromatic rings. The molecule has 0 aliphatic rings. The molecule has 0 aromatic heterocycles. The van der Waals surface area contributed by atoms with Gasteiger partial charge in [0.15, 0.2) is 6.10 Å². The maximum Gasteiger partial charge on any atom is 0.337 e. The molecule has 84 valence electrons. The van der Waals surface area contributed by atoms with Gasteiger partial charge in [-0.05, 0) is 18.1 Å². The summed E-state index contributed by atoms with van der Waals surface area (Å²) >= 11 is 5.84. The van der Waals surface area contributed by atoms with Crippen molar-refractivity contribution < 1.29 is 15.0 Å². The van der Waals surface area contributed by atoms with Crippen molar-refractivity contribution in [2.45, 2.75) is 18.9 Å². The van der Waals surface area contributed by atoms with E-state index in [0.29, 0.717) is 12.0 Å². The largest absolute Gasteiger partial charge is 0.479 e. The Hall–Kier alpha value is -1.57. The van der Waals surface area contributed by atoms with Crippen molar-refractivity contribution in [2.24, 2.45) is 0 Å². The number of carbonyl (C=O) groups is 1. The van der Waals surface area contributed by atoms with Crippen molar-refractivity contribution in [3.63, 3.8) is 0 Å². The highest BCUT2D eigenvalue weighted by Crippen LogP contribution is 2.27. The number of aryl methyl sites for hydroxylation is 1. The molecule has 0 heterocycles. The lowest BCUT2D eigenvalue weighted by atomic mass is 9.99. The zero-order valence-corrected chi connectivity index (χ0v) is 9.11. The predicted molar refractivity (Wildman–Crippen MR) is 58.0 cm³/mol. The van der Waals surface area contributed by atoms with E-state index in [1.165, 1.54) is 6.07 Å². The summed E-state index contributed by atoms with van der Waals surface area (Å²) in [5, 5.41) is 26.9. The number of rotatable bonds is 4. The number of carboxylic acid groups (broad SMARTS) is 1. The molecular formula is C11H10ClNO3. The monoisotopic (exact) mass is 239 g/mol. The molecular weight excluding hydrogens is 230 g/mol. The second kappa shape index (κ2) is 5.50. The number of halogens is 1. The van der Waals surface area contributed by atoms with Gasteiger partial charge in [-0.25, -0.2) is 4.79 Å². The van der Waals surface area contributed by atoms with Crippen LogP contribution in [0.3, 0.4) is 0 Å². The van der Waals surface area contributed by atoms with Gasteiger partial charge >= 0.3 is 5.97 Å². The minimum atomic E-state index is -1.65. The van der Waals surface area contributed by atoms with Crippen molar-refractivity contribution in [1.29, 1.82) is 5.26 Å². The first-order valence-electron chi connectivity index (χ1n) is 4.63. The van der Waals surface area contributed by atoms with Crippen molar-refractivity contribution in [1.82, 2.24) is 0 Å². The Kier molecular flexibility index (Phi) is 4.29. The summed E-state index contributed by atoms with van der Waals surface area (Å²) in [4.78, 5) is 10.7. The molecule has 5 heteroatoms. The predicted octanol–water partition coefficient (Wildman–Crippen LogP) is 1.91. The molecule has 0 fully saturated rings. The van der Waals surface area contributed by atoms with Gasteiger partial charge in [-0.1, -0.05) is 23.7 Å². The minimum absolute atomic E-state index is 0.173. The standard InChI is InChI=1S/C11H10ClNO3/c12-8-5-1-3-7(4-2-6-13)9(8)10(14)11(15)16/h1,3,5,10,14H,2,4H2,(H,15,16). The molecule has 1 aromatic carbocycles. The maximum atomic E-state index is 10.7. The number of carboxylic acids is 1. The van der Waals surface area contributed by atoms with E-state index in [1.54, 1.807) is 12.1 Å². The second-order valence-corrected chi connectivity index (χ2v) is 3.62. The first-order chi connectivity index (χ1) is 7.57. The number of hydrogen-bond donors (Lipinski definition) is 2. The van der Waals surface area contributed by atoms with Crippen LogP contribution >= 0.6 is 11.6 Å². The molecule has 0 amide bonds. The van der Waals surface area contributed by atoms with E-state index in [0.717, 1.165) is 0 Å². The Morgan fingerprint density at radius 2 is 2.25 bits per heavy atom. The molecule has 1 unspecified atom stereocenters. The highest BCUT2D eigenvalue weighted by atomic mass is 35.5. The molecule has 1 rings (SSSR count). The van der Waals surface area contributed by atoms with Gasteiger partial charge in [-0.2, -0.15) is 5.26 Å². The molecule has 0 aliphatic heterocycles. The third-order valence-electron chi connectivity index (χ3n) is 2.16. The molecule has 0 saturated heterocycles. The first-order valence-corrected chi connectivity index (χ1v) is 5.00. The number of nitriles is 1. The Labute approximate surface area is 97.7 Å².